The lowest BCUT2D eigenvalue weighted by Crippen LogP contribution is -2.48. The summed E-state index contributed by atoms with van der Waals surface area (Å²) in [5.41, 5.74) is 0.722. The Hall–Kier alpha value is -1.26. The zero-order valence-electron chi connectivity index (χ0n) is 12.6. The summed E-state index contributed by atoms with van der Waals surface area (Å²) in [6.45, 7) is 2.19. The zero-order valence-corrected chi connectivity index (χ0v) is 14.2. The predicted molar refractivity (Wildman–Crippen MR) is 86.2 cm³/mol. The second-order valence-electron chi connectivity index (χ2n) is 5.45. The van der Waals surface area contributed by atoms with Crippen molar-refractivity contribution in [2.24, 2.45) is 0 Å². The number of amides is 1. The highest BCUT2D eigenvalue weighted by Crippen LogP contribution is 2.34. The standard InChI is InChI=1S/C16H19Cl2NO3/c1-10(20)19-8-4-3-5-14(19)15(16(21)22-2)11-6-7-12(17)13(18)9-11/h6-7,9,14-15H,3-5,8H2,1-2H3/t14-,15-/m1/s1. The number of ether oxygens (including phenoxy) is 1. The molecule has 120 valence electrons. The molecule has 1 fully saturated rings. The molecule has 1 aliphatic heterocycles. The van der Waals surface area contributed by atoms with E-state index in [1.807, 2.05) is 0 Å². The van der Waals surface area contributed by atoms with Gasteiger partial charge in [-0.25, -0.2) is 0 Å². The number of hydrogen-bond acceptors (Lipinski definition) is 3. The van der Waals surface area contributed by atoms with Gasteiger partial charge in [0.05, 0.1) is 17.2 Å². The Bertz CT molecular complexity index is 577. The number of esters is 1. The van der Waals surface area contributed by atoms with Crippen LogP contribution in [0.15, 0.2) is 18.2 Å². The lowest BCUT2D eigenvalue weighted by atomic mass is 9.85. The van der Waals surface area contributed by atoms with E-state index in [0.29, 0.717) is 16.6 Å². The number of carbonyl (C=O) groups excluding carboxylic acids is 2. The molecule has 0 radical (unpaired) electrons. The number of likely N-dealkylation sites (tertiary alicyclic amines) is 1. The summed E-state index contributed by atoms with van der Waals surface area (Å²) in [4.78, 5) is 26.0. The van der Waals surface area contributed by atoms with Crippen LogP contribution in [0.3, 0.4) is 0 Å². The lowest BCUT2D eigenvalue weighted by Gasteiger charge is -2.39. The van der Waals surface area contributed by atoms with Crippen LogP contribution < -0.4 is 0 Å². The molecule has 0 saturated carbocycles. The molecule has 1 aliphatic rings. The third-order valence-electron chi connectivity index (χ3n) is 4.10. The Morgan fingerprint density at radius 2 is 2.00 bits per heavy atom. The van der Waals surface area contributed by atoms with Gasteiger partial charge in [-0.05, 0) is 37.0 Å². The molecule has 6 heteroatoms. The van der Waals surface area contributed by atoms with Gasteiger partial charge in [0.15, 0.2) is 0 Å². The molecule has 0 spiro atoms. The van der Waals surface area contributed by atoms with Crippen molar-refractivity contribution in [2.45, 2.75) is 38.1 Å². The number of nitrogens with zero attached hydrogens (tertiary/aromatic N) is 1. The van der Waals surface area contributed by atoms with E-state index in [4.69, 9.17) is 27.9 Å². The van der Waals surface area contributed by atoms with Crippen molar-refractivity contribution < 1.29 is 14.3 Å². The quantitative estimate of drug-likeness (QED) is 0.787. The van der Waals surface area contributed by atoms with Crippen molar-refractivity contribution >= 4 is 35.1 Å². The fourth-order valence-electron chi connectivity index (χ4n) is 3.04. The summed E-state index contributed by atoms with van der Waals surface area (Å²) >= 11 is 12.0. The molecule has 0 aliphatic carbocycles. The highest BCUT2D eigenvalue weighted by Gasteiger charge is 2.37. The Morgan fingerprint density at radius 1 is 1.27 bits per heavy atom. The third-order valence-corrected chi connectivity index (χ3v) is 4.84. The minimum atomic E-state index is -0.552. The van der Waals surface area contributed by atoms with Gasteiger partial charge in [0.1, 0.15) is 5.92 Å². The molecule has 1 heterocycles. The Labute approximate surface area is 140 Å². The maximum absolute atomic E-state index is 12.3. The van der Waals surface area contributed by atoms with Crippen LogP contribution in [0.1, 0.15) is 37.7 Å². The molecule has 0 unspecified atom stereocenters. The van der Waals surface area contributed by atoms with Crippen molar-refractivity contribution in [3.8, 4) is 0 Å². The number of hydrogen-bond donors (Lipinski definition) is 0. The number of carbonyl (C=O) groups is 2. The van der Waals surface area contributed by atoms with Crippen molar-refractivity contribution in [2.75, 3.05) is 13.7 Å². The van der Waals surface area contributed by atoms with Crippen LogP contribution in [0.4, 0.5) is 0 Å². The molecule has 22 heavy (non-hydrogen) atoms. The monoisotopic (exact) mass is 343 g/mol. The summed E-state index contributed by atoms with van der Waals surface area (Å²) in [7, 11) is 1.35. The number of methoxy groups -OCH3 is 1. The van der Waals surface area contributed by atoms with Gasteiger partial charge in [-0.3, -0.25) is 9.59 Å². The molecule has 2 rings (SSSR count). The van der Waals surface area contributed by atoms with Gasteiger partial charge in [-0.1, -0.05) is 29.3 Å². The zero-order chi connectivity index (χ0) is 16.3. The van der Waals surface area contributed by atoms with Crippen LogP contribution in [-0.4, -0.2) is 36.5 Å². The highest BCUT2D eigenvalue weighted by molar-refractivity contribution is 6.42. The van der Waals surface area contributed by atoms with Crippen LogP contribution >= 0.6 is 23.2 Å². The first-order valence-electron chi connectivity index (χ1n) is 7.25. The molecule has 1 amide bonds. The second-order valence-corrected chi connectivity index (χ2v) is 6.26. The third kappa shape index (κ3) is 3.55. The maximum Gasteiger partial charge on any atom is 0.315 e. The van der Waals surface area contributed by atoms with E-state index in [1.54, 1.807) is 23.1 Å². The van der Waals surface area contributed by atoms with E-state index >= 15 is 0 Å². The Morgan fingerprint density at radius 3 is 2.59 bits per heavy atom. The molecule has 1 aromatic rings. The highest BCUT2D eigenvalue weighted by atomic mass is 35.5. The van der Waals surface area contributed by atoms with Crippen LogP contribution in [-0.2, 0) is 14.3 Å². The largest absolute Gasteiger partial charge is 0.468 e. The van der Waals surface area contributed by atoms with E-state index in [2.05, 4.69) is 0 Å². The molecule has 0 N–H and O–H groups in total. The van der Waals surface area contributed by atoms with Crippen molar-refractivity contribution in [1.29, 1.82) is 0 Å². The van der Waals surface area contributed by atoms with E-state index in [9.17, 15) is 9.59 Å². The smallest absolute Gasteiger partial charge is 0.315 e. The molecule has 4 nitrogen and oxygen atoms in total. The number of benzene rings is 1. The SMILES string of the molecule is COC(=O)[C@H](c1ccc(Cl)c(Cl)c1)[C@H]1CCCCN1C(C)=O. The number of piperidine rings is 1. The van der Waals surface area contributed by atoms with Gasteiger partial charge in [-0.2, -0.15) is 0 Å². The first-order chi connectivity index (χ1) is 10.5. The molecular weight excluding hydrogens is 325 g/mol. The molecule has 1 saturated heterocycles. The number of rotatable bonds is 3. The van der Waals surface area contributed by atoms with Crippen molar-refractivity contribution in [1.82, 2.24) is 4.90 Å². The predicted octanol–water partition coefficient (Wildman–Crippen LogP) is 3.65. The molecule has 0 bridgehead atoms. The van der Waals surface area contributed by atoms with E-state index in [-0.39, 0.29) is 17.9 Å². The second kappa shape index (κ2) is 7.34. The van der Waals surface area contributed by atoms with Crippen LogP contribution in [0, 0.1) is 0 Å². The maximum atomic E-state index is 12.3. The summed E-state index contributed by atoms with van der Waals surface area (Å²) in [6.07, 6.45) is 2.69. The van der Waals surface area contributed by atoms with Crippen LogP contribution in [0.5, 0.6) is 0 Å². The van der Waals surface area contributed by atoms with Gasteiger partial charge in [0, 0.05) is 19.5 Å². The molecule has 0 aromatic heterocycles. The average Bonchev–Trinajstić information content (AvgIpc) is 2.51. The first kappa shape index (κ1) is 17.1. The topological polar surface area (TPSA) is 46.6 Å². The van der Waals surface area contributed by atoms with Crippen LogP contribution in [0.25, 0.3) is 0 Å². The Kier molecular flexibility index (Phi) is 5.70. The van der Waals surface area contributed by atoms with Gasteiger partial charge in [0.25, 0.3) is 0 Å². The molecular formula is C16H19Cl2NO3. The van der Waals surface area contributed by atoms with Gasteiger partial charge < -0.3 is 9.64 Å². The minimum Gasteiger partial charge on any atom is -0.468 e. The normalized spacial score (nSPS) is 19.6. The van der Waals surface area contributed by atoms with Crippen molar-refractivity contribution in [3.63, 3.8) is 0 Å². The fourth-order valence-corrected chi connectivity index (χ4v) is 3.35. The summed E-state index contributed by atoms with van der Waals surface area (Å²) in [5, 5.41) is 0.819. The van der Waals surface area contributed by atoms with E-state index < -0.39 is 5.92 Å². The van der Waals surface area contributed by atoms with Crippen LogP contribution in [0.2, 0.25) is 10.0 Å². The molecule has 1 aromatic carbocycles. The molecule has 2 atom stereocenters. The minimum absolute atomic E-state index is 0.0290. The fraction of sp³-hybridized carbons (Fsp3) is 0.500. The average molecular weight is 344 g/mol. The van der Waals surface area contributed by atoms with E-state index in [1.165, 1.54) is 14.0 Å². The summed E-state index contributed by atoms with van der Waals surface area (Å²) < 4.78 is 4.97. The summed E-state index contributed by atoms with van der Waals surface area (Å²) in [6, 6.07) is 4.90. The van der Waals surface area contributed by atoms with Crippen molar-refractivity contribution in [3.05, 3.63) is 33.8 Å². The van der Waals surface area contributed by atoms with E-state index in [0.717, 1.165) is 24.8 Å². The lowest BCUT2D eigenvalue weighted by molar-refractivity contribution is -0.146. The first-order valence-corrected chi connectivity index (χ1v) is 8.01. The van der Waals surface area contributed by atoms with Gasteiger partial charge in [-0.15, -0.1) is 0 Å². The van der Waals surface area contributed by atoms with Gasteiger partial charge in [0.2, 0.25) is 5.91 Å². The van der Waals surface area contributed by atoms with Gasteiger partial charge >= 0.3 is 5.97 Å². The summed E-state index contributed by atoms with van der Waals surface area (Å²) in [5.74, 6) is -0.945. The Balaban J connectivity index is 2.42. The number of halogens is 2.